The minimum absolute atomic E-state index is 0.142. The SMILES string of the molecule is Cc1cc(S(=O)Nc2ncc3c(n2)N(C)c2ccccc2C(=O)N3C)ccc1N. The van der Waals surface area contributed by atoms with Gasteiger partial charge in [0.15, 0.2) is 16.8 Å². The quantitative estimate of drug-likeness (QED) is 0.646. The van der Waals surface area contributed by atoms with Crippen LogP contribution < -0.4 is 20.3 Å². The number of amides is 1. The third-order valence-corrected chi connectivity index (χ3v) is 5.92. The van der Waals surface area contributed by atoms with E-state index in [2.05, 4.69) is 14.7 Å². The van der Waals surface area contributed by atoms with Crippen molar-refractivity contribution in [3.8, 4) is 0 Å². The maximum absolute atomic E-state index is 12.8. The molecule has 0 aliphatic carbocycles. The zero-order valence-corrected chi connectivity index (χ0v) is 17.0. The lowest BCUT2D eigenvalue weighted by Crippen LogP contribution is -2.25. The van der Waals surface area contributed by atoms with E-state index in [4.69, 9.17) is 5.73 Å². The van der Waals surface area contributed by atoms with Crippen molar-refractivity contribution in [3.05, 3.63) is 59.8 Å². The molecule has 0 saturated carbocycles. The molecule has 2 aromatic carbocycles. The lowest BCUT2D eigenvalue weighted by molar-refractivity contribution is 0.0994. The number of aryl methyl sites for hydroxylation is 1. The molecule has 0 saturated heterocycles. The van der Waals surface area contributed by atoms with Gasteiger partial charge < -0.3 is 15.5 Å². The first kappa shape index (κ1) is 18.9. The van der Waals surface area contributed by atoms with E-state index in [0.717, 1.165) is 11.3 Å². The lowest BCUT2D eigenvalue weighted by atomic mass is 10.1. The summed E-state index contributed by atoms with van der Waals surface area (Å²) in [5.74, 6) is 0.592. The molecule has 1 aliphatic rings. The van der Waals surface area contributed by atoms with Crippen LogP contribution in [-0.2, 0) is 11.0 Å². The van der Waals surface area contributed by atoms with Crippen LogP contribution in [0.5, 0.6) is 0 Å². The number of aromatic nitrogens is 2. The first-order chi connectivity index (χ1) is 13.9. The molecule has 2 heterocycles. The normalized spacial score (nSPS) is 14.1. The highest BCUT2D eigenvalue weighted by atomic mass is 32.2. The van der Waals surface area contributed by atoms with Gasteiger partial charge in [0, 0.05) is 19.8 Å². The fraction of sp³-hybridized carbons (Fsp3) is 0.150. The van der Waals surface area contributed by atoms with Crippen molar-refractivity contribution < 1.29 is 9.00 Å². The highest BCUT2D eigenvalue weighted by Gasteiger charge is 2.28. The van der Waals surface area contributed by atoms with Crippen LogP contribution in [0.3, 0.4) is 0 Å². The molecule has 4 rings (SSSR count). The predicted octanol–water partition coefficient (Wildman–Crippen LogP) is 2.86. The molecule has 3 aromatic rings. The van der Waals surface area contributed by atoms with Crippen LogP contribution in [-0.4, -0.2) is 34.2 Å². The zero-order chi connectivity index (χ0) is 20.7. The predicted molar refractivity (Wildman–Crippen MR) is 115 cm³/mol. The van der Waals surface area contributed by atoms with Crippen molar-refractivity contribution in [1.82, 2.24) is 9.97 Å². The van der Waals surface area contributed by atoms with Gasteiger partial charge in [-0.25, -0.2) is 9.19 Å². The van der Waals surface area contributed by atoms with Gasteiger partial charge in [-0.15, -0.1) is 0 Å². The van der Waals surface area contributed by atoms with Crippen LogP contribution in [0.25, 0.3) is 0 Å². The highest BCUT2D eigenvalue weighted by Crippen LogP contribution is 2.37. The Morgan fingerprint density at radius 3 is 2.59 bits per heavy atom. The number of anilines is 5. The number of nitrogens with zero attached hydrogens (tertiary/aromatic N) is 4. The van der Waals surface area contributed by atoms with Crippen molar-refractivity contribution in [2.24, 2.45) is 0 Å². The third kappa shape index (κ3) is 3.29. The highest BCUT2D eigenvalue weighted by molar-refractivity contribution is 7.86. The van der Waals surface area contributed by atoms with E-state index in [0.29, 0.717) is 27.7 Å². The fourth-order valence-electron chi connectivity index (χ4n) is 3.16. The second kappa shape index (κ2) is 7.17. The summed E-state index contributed by atoms with van der Waals surface area (Å²) in [5, 5.41) is 0. The Morgan fingerprint density at radius 2 is 1.83 bits per heavy atom. The molecular weight excluding hydrogens is 388 g/mol. The molecule has 0 radical (unpaired) electrons. The number of carbonyl (C=O) groups is 1. The number of fused-ring (bicyclic) bond motifs is 2. The molecule has 1 unspecified atom stereocenters. The molecular formula is C20H20N6O2S. The maximum atomic E-state index is 12.8. The summed E-state index contributed by atoms with van der Waals surface area (Å²) in [6, 6.07) is 12.5. The number of carbonyl (C=O) groups excluding carboxylic acids is 1. The molecule has 0 fully saturated rings. The Labute approximate surface area is 171 Å². The first-order valence-corrected chi connectivity index (χ1v) is 10.0. The molecule has 8 nitrogen and oxygen atoms in total. The Kier molecular flexibility index (Phi) is 4.67. The van der Waals surface area contributed by atoms with Crippen molar-refractivity contribution in [2.45, 2.75) is 11.8 Å². The molecule has 29 heavy (non-hydrogen) atoms. The topological polar surface area (TPSA) is 104 Å². The van der Waals surface area contributed by atoms with Gasteiger partial charge in [-0.2, -0.15) is 4.98 Å². The largest absolute Gasteiger partial charge is 0.399 e. The number of rotatable bonds is 3. The maximum Gasteiger partial charge on any atom is 0.260 e. The van der Waals surface area contributed by atoms with Crippen LogP contribution in [0.4, 0.5) is 28.8 Å². The van der Waals surface area contributed by atoms with Gasteiger partial charge >= 0.3 is 0 Å². The second-order valence-electron chi connectivity index (χ2n) is 6.73. The minimum atomic E-state index is -1.56. The van der Waals surface area contributed by atoms with Gasteiger partial charge in [-0.3, -0.25) is 9.52 Å². The van der Waals surface area contributed by atoms with E-state index in [1.54, 1.807) is 37.5 Å². The standard InChI is InChI=1S/C20H20N6O2S/c1-12-10-13(8-9-15(12)21)29(28)24-20-22-11-17-18(23-20)25(2)16-7-5-4-6-14(16)19(27)26(17)3/h4-11H,21H2,1-3H3,(H,22,23,24). The van der Waals surface area contributed by atoms with E-state index in [9.17, 15) is 9.00 Å². The zero-order valence-electron chi connectivity index (χ0n) is 16.2. The molecule has 1 amide bonds. The van der Waals surface area contributed by atoms with Crippen molar-refractivity contribution >= 4 is 45.7 Å². The number of nitrogen functional groups attached to an aromatic ring is 1. The minimum Gasteiger partial charge on any atom is -0.399 e. The van der Waals surface area contributed by atoms with Gasteiger partial charge in [0.05, 0.1) is 22.3 Å². The summed E-state index contributed by atoms with van der Waals surface area (Å²) in [6.07, 6.45) is 1.55. The van der Waals surface area contributed by atoms with Gasteiger partial charge in [-0.1, -0.05) is 12.1 Å². The van der Waals surface area contributed by atoms with Gasteiger partial charge in [0.2, 0.25) is 5.95 Å². The summed E-state index contributed by atoms with van der Waals surface area (Å²) in [6.45, 7) is 1.86. The van der Waals surface area contributed by atoms with Gasteiger partial charge in [0.1, 0.15) is 5.69 Å². The molecule has 1 aliphatic heterocycles. The van der Waals surface area contributed by atoms with Crippen molar-refractivity contribution in [3.63, 3.8) is 0 Å². The number of hydrogen-bond donors (Lipinski definition) is 2. The van der Waals surface area contributed by atoms with Crippen molar-refractivity contribution in [2.75, 3.05) is 34.4 Å². The number of nitrogens with one attached hydrogen (secondary N) is 1. The average Bonchev–Trinajstić information content (AvgIpc) is 2.80. The number of nitrogens with two attached hydrogens (primary N) is 1. The van der Waals surface area contributed by atoms with Crippen LogP contribution in [0, 0.1) is 6.92 Å². The summed E-state index contributed by atoms with van der Waals surface area (Å²) in [5.41, 5.74) is 9.19. The first-order valence-electron chi connectivity index (χ1n) is 8.89. The molecule has 3 N–H and O–H groups in total. The molecule has 0 bridgehead atoms. The summed E-state index contributed by atoms with van der Waals surface area (Å²) < 4.78 is 15.5. The molecule has 1 atom stereocenters. The second-order valence-corrected chi connectivity index (χ2v) is 7.94. The fourth-order valence-corrected chi connectivity index (χ4v) is 4.01. The lowest BCUT2D eigenvalue weighted by Gasteiger charge is -2.21. The molecule has 1 aromatic heterocycles. The van der Waals surface area contributed by atoms with Crippen LogP contribution >= 0.6 is 0 Å². The van der Waals surface area contributed by atoms with E-state index in [1.165, 1.54) is 4.90 Å². The third-order valence-electron chi connectivity index (χ3n) is 4.87. The Bertz CT molecular complexity index is 1150. The smallest absolute Gasteiger partial charge is 0.260 e. The van der Waals surface area contributed by atoms with E-state index in [1.807, 2.05) is 37.1 Å². The van der Waals surface area contributed by atoms with Crippen LogP contribution in [0.1, 0.15) is 15.9 Å². The molecule has 0 spiro atoms. The Morgan fingerprint density at radius 1 is 1.07 bits per heavy atom. The average molecular weight is 408 g/mol. The van der Waals surface area contributed by atoms with Crippen LogP contribution in [0.2, 0.25) is 0 Å². The Hall–Kier alpha value is -3.46. The van der Waals surface area contributed by atoms with E-state index in [-0.39, 0.29) is 11.9 Å². The number of benzene rings is 2. The van der Waals surface area contributed by atoms with E-state index >= 15 is 0 Å². The van der Waals surface area contributed by atoms with E-state index < -0.39 is 11.0 Å². The van der Waals surface area contributed by atoms with Crippen LogP contribution in [0.15, 0.2) is 53.6 Å². The molecule has 9 heteroatoms. The Balaban J connectivity index is 1.71. The van der Waals surface area contributed by atoms with Gasteiger partial charge in [-0.05, 0) is 42.8 Å². The monoisotopic (exact) mass is 408 g/mol. The number of hydrogen-bond acceptors (Lipinski definition) is 6. The summed E-state index contributed by atoms with van der Waals surface area (Å²) in [4.78, 5) is 25.5. The summed E-state index contributed by atoms with van der Waals surface area (Å²) in [7, 11) is 1.96. The molecule has 148 valence electrons. The number of para-hydroxylation sites is 1. The van der Waals surface area contributed by atoms with Crippen molar-refractivity contribution in [1.29, 1.82) is 0 Å². The van der Waals surface area contributed by atoms with Gasteiger partial charge in [0.25, 0.3) is 5.91 Å². The summed E-state index contributed by atoms with van der Waals surface area (Å²) >= 11 is 0.